The molecular weight excluding hydrogens is 375 g/mol. The average Bonchev–Trinajstić information content (AvgIpc) is 2.92. The average molecular weight is 394 g/mol. The first kappa shape index (κ1) is 20.0. The van der Waals surface area contributed by atoms with Gasteiger partial charge in [-0.05, 0) is 49.2 Å². The number of carbonyl (C=O) groups is 3. The second-order valence-electron chi connectivity index (χ2n) is 6.98. The van der Waals surface area contributed by atoms with E-state index < -0.39 is 36.0 Å². The predicted octanol–water partition coefficient (Wildman–Crippen LogP) is 2.34. The first-order chi connectivity index (χ1) is 13.7. The van der Waals surface area contributed by atoms with E-state index in [1.165, 1.54) is 12.1 Å². The zero-order valence-electron chi connectivity index (χ0n) is 15.9. The highest BCUT2D eigenvalue weighted by molar-refractivity contribution is 6.09. The molecule has 0 radical (unpaired) electrons. The zero-order valence-corrected chi connectivity index (χ0v) is 15.9. The van der Waals surface area contributed by atoms with E-state index in [0.29, 0.717) is 16.7 Å². The molecule has 148 valence electrons. The second-order valence-corrected chi connectivity index (χ2v) is 6.98. The van der Waals surface area contributed by atoms with Crippen LogP contribution in [0, 0.1) is 17.1 Å². The maximum Gasteiger partial charge on any atom is 0.325 e. The lowest BCUT2D eigenvalue weighted by molar-refractivity contribution is -0.135. The highest BCUT2D eigenvalue weighted by Crippen LogP contribution is 2.29. The van der Waals surface area contributed by atoms with Crippen molar-refractivity contribution in [3.63, 3.8) is 0 Å². The maximum absolute atomic E-state index is 13.0. The van der Waals surface area contributed by atoms with Crippen LogP contribution in [-0.2, 0) is 15.1 Å². The van der Waals surface area contributed by atoms with Crippen LogP contribution in [0.1, 0.15) is 36.6 Å². The van der Waals surface area contributed by atoms with Gasteiger partial charge in [-0.2, -0.15) is 5.26 Å². The Balaban J connectivity index is 1.70. The zero-order chi connectivity index (χ0) is 21.2. The molecule has 0 aromatic heterocycles. The number of nitriles is 1. The summed E-state index contributed by atoms with van der Waals surface area (Å²) >= 11 is 0. The molecule has 1 aliphatic heterocycles. The lowest BCUT2D eigenvalue weighted by Crippen LogP contribution is -2.43. The number of carbonyl (C=O) groups excluding carboxylic acids is 3. The van der Waals surface area contributed by atoms with Crippen molar-refractivity contribution in [1.82, 2.24) is 15.5 Å². The Labute approximate surface area is 167 Å². The van der Waals surface area contributed by atoms with Gasteiger partial charge in [0.05, 0.1) is 17.7 Å². The van der Waals surface area contributed by atoms with Gasteiger partial charge in [0.25, 0.3) is 5.91 Å². The molecule has 2 N–H and O–H groups in total. The van der Waals surface area contributed by atoms with Crippen molar-refractivity contribution in [2.24, 2.45) is 0 Å². The van der Waals surface area contributed by atoms with Gasteiger partial charge in [-0.15, -0.1) is 0 Å². The van der Waals surface area contributed by atoms with Crippen molar-refractivity contribution in [2.45, 2.75) is 25.4 Å². The lowest BCUT2D eigenvalue weighted by Gasteiger charge is -2.22. The second kappa shape index (κ2) is 7.72. The van der Waals surface area contributed by atoms with Gasteiger partial charge in [0.1, 0.15) is 17.9 Å². The first-order valence-electron chi connectivity index (χ1n) is 8.94. The molecule has 2 aromatic carbocycles. The summed E-state index contributed by atoms with van der Waals surface area (Å²) in [5, 5.41) is 14.2. The highest BCUT2D eigenvalue weighted by Gasteiger charge is 2.49. The summed E-state index contributed by atoms with van der Waals surface area (Å²) in [6, 6.07) is 12.9. The van der Waals surface area contributed by atoms with E-state index in [4.69, 9.17) is 5.26 Å². The number of halogens is 1. The number of amides is 4. The summed E-state index contributed by atoms with van der Waals surface area (Å²) < 4.78 is 13.0. The standard InChI is InChI=1S/C21H19FN4O3/c1-13(15-5-9-17(22)10-6-15)24-18(27)12-26-19(28)21(2,25-20(26)29)16-7-3-14(11-23)4-8-16/h3-10,13H,12H2,1-2H3,(H,24,27)(H,25,29). The van der Waals surface area contributed by atoms with Gasteiger partial charge < -0.3 is 10.6 Å². The smallest absolute Gasteiger partial charge is 0.325 e. The molecule has 7 nitrogen and oxygen atoms in total. The maximum atomic E-state index is 13.0. The molecule has 3 rings (SSSR count). The topological polar surface area (TPSA) is 102 Å². The van der Waals surface area contributed by atoms with Crippen LogP contribution in [0.25, 0.3) is 0 Å². The lowest BCUT2D eigenvalue weighted by atomic mass is 9.91. The van der Waals surface area contributed by atoms with E-state index in [2.05, 4.69) is 10.6 Å². The van der Waals surface area contributed by atoms with Gasteiger partial charge in [0, 0.05) is 0 Å². The summed E-state index contributed by atoms with van der Waals surface area (Å²) in [5.74, 6) is -1.46. The van der Waals surface area contributed by atoms with Crippen LogP contribution in [0.5, 0.6) is 0 Å². The molecule has 1 aliphatic rings. The van der Waals surface area contributed by atoms with Crippen molar-refractivity contribution in [1.29, 1.82) is 5.26 Å². The fourth-order valence-corrected chi connectivity index (χ4v) is 3.18. The summed E-state index contributed by atoms with van der Waals surface area (Å²) in [5.41, 5.74) is 0.311. The van der Waals surface area contributed by atoms with Crippen molar-refractivity contribution in [3.05, 3.63) is 71.0 Å². The van der Waals surface area contributed by atoms with Gasteiger partial charge in [-0.25, -0.2) is 9.18 Å². The van der Waals surface area contributed by atoms with Crippen LogP contribution in [0.15, 0.2) is 48.5 Å². The fraction of sp³-hybridized carbons (Fsp3) is 0.238. The molecule has 0 saturated carbocycles. The number of nitrogens with zero attached hydrogens (tertiary/aromatic N) is 2. The van der Waals surface area contributed by atoms with E-state index in [1.54, 1.807) is 50.2 Å². The molecule has 0 bridgehead atoms. The number of urea groups is 1. The Kier molecular flexibility index (Phi) is 5.33. The largest absolute Gasteiger partial charge is 0.348 e. The van der Waals surface area contributed by atoms with E-state index in [9.17, 15) is 18.8 Å². The Hall–Kier alpha value is -3.73. The summed E-state index contributed by atoms with van der Waals surface area (Å²) in [7, 11) is 0. The van der Waals surface area contributed by atoms with Crippen LogP contribution in [0.2, 0.25) is 0 Å². The Morgan fingerprint density at radius 2 is 1.83 bits per heavy atom. The van der Waals surface area contributed by atoms with Crippen molar-refractivity contribution in [3.8, 4) is 6.07 Å². The van der Waals surface area contributed by atoms with Crippen LogP contribution < -0.4 is 10.6 Å². The SMILES string of the molecule is CC(NC(=O)CN1C(=O)NC(C)(c2ccc(C#N)cc2)C1=O)c1ccc(F)cc1. The van der Waals surface area contributed by atoms with Crippen LogP contribution in [-0.4, -0.2) is 29.3 Å². The molecule has 2 atom stereocenters. The van der Waals surface area contributed by atoms with Gasteiger partial charge >= 0.3 is 6.03 Å². The van der Waals surface area contributed by atoms with Crippen LogP contribution in [0.3, 0.4) is 0 Å². The van der Waals surface area contributed by atoms with Gasteiger partial charge in [-0.3, -0.25) is 14.5 Å². The van der Waals surface area contributed by atoms with E-state index >= 15 is 0 Å². The monoisotopic (exact) mass is 394 g/mol. The summed E-state index contributed by atoms with van der Waals surface area (Å²) in [6.07, 6.45) is 0. The number of nitrogens with one attached hydrogen (secondary N) is 2. The molecule has 4 amide bonds. The minimum Gasteiger partial charge on any atom is -0.348 e. The third-order valence-electron chi connectivity index (χ3n) is 4.92. The van der Waals surface area contributed by atoms with Gasteiger partial charge in [0.2, 0.25) is 5.91 Å². The number of benzene rings is 2. The van der Waals surface area contributed by atoms with Gasteiger partial charge in [0.15, 0.2) is 0 Å². The molecule has 8 heteroatoms. The third kappa shape index (κ3) is 3.94. The molecule has 2 aromatic rings. The first-order valence-corrected chi connectivity index (χ1v) is 8.94. The van der Waals surface area contributed by atoms with E-state index in [-0.39, 0.29) is 5.82 Å². The molecule has 1 fully saturated rings. The van der Waals surface area contributed by atoms with Crippen LogP contribution in [0.4, 0.5) is 9.18 Å². The molecule has 29 heavy (non-hydrogen) atoms. The number of hydrogen-bond donors (Lipinski definition) is 2. The van der Waals surface area contributed by atoms with Crippen molar-refractivity contribution < 1.29 is 18.8 Å². The third-order valence-corrected chi connectivity index (χ3v) is 4.92. The summed E-state index contributed by atoms with van der Waals surface area (Å²) in [6.45, 7) is 2.83. The minimum atomic E-state index is -1.33. The van der Waals surface area contributed by atoms with Crippen molar-refractivity contribution >= 4 is 17.8 Å². The Bertz CT molecular complexity index is 998. The minimum absolute atomic E-state index is 0.381. The quantitative estimate of drug-likeness (QED) is 0.760. The molecule has 0 spiro atoms. The fourth-order valence-electron chi connectivity index (χ4n) is 3.18. The molecule has 0 aliphatic carbocycles. The molecular formula is C21H19FN4O3. The molecule has 1 heterocycles. The highest BCUT2D eigenvalue weighted by atomic mass is 19.1. The van der Waals surface area contributed by atoms with Gasteiger partial charge in [-0.1, -0.05) is 24.3 Å². The normalized spacial score (nSPS) is 19.4. The summed E-state index contributed by atoms with van der Waals surface area (Å²) in [4.78, 5) is 38.5. The molecule has 1 saturated heterocycles. The number of imide groups is 1. The van der Waals surface area contributed by atoms with E-state index in [0.717, 1.165) is 4.90 Å². The van der Waals surface area contributed by atoms with Crippen molar-refractivity contribution in [2.75, 3.05) is 6.54 Å². The number of rotatable bonds is 5. The molecule has 2 unspecified atom stereocenters. The number of hydrogen-bond acceptors (Lipinski definition) is 4. The Morgan fingerprint density at radius 3 is 2.41 bits per heavy atom. The van der Waals surface area contributed by atoms with Crippen LogP contribution >= 0.6 is 0 Å². The van der Waals surface area contributed by atoms with E-state index in [1.807, 2.05) is 6.07 Å². The Morgan fingerprint density at radius 1 is 1.21 bits per heavy atom. The predicted molar refractivity (Wildman–Crippen MR) is 102 cm³/mol.